The SMILES string of the molecule is COc1cc(CNC(=O)CSc2nnc(N3CCOCC3)n2CC(C)C)cc(OC)c1OC. The fourth-order valence-corrected chi connectivity index (χ4v) is 4.30. The number of carbonyl (C=O) groups is 1. The minimum atomic E-state index is -0.0965. The van der Waals surface area contributed by atoms with Crippen molar-refractivity contribution in [2.75, 3.05) is 58.3 Å². The monoisotopic (exact) mass is 479 g/mol. The quantitative estimate of drug-likeness (QED) is 0.486. The van der Waals surface area contributed by atoms with E-state index in [9.17, 15) is 4.79 Å². The Morgan fingerprint density at radius 2 is 1.79 bits per heavy atom. The number of aromatic nitrogens is 3. The molecule has 10 nitrogen and oxygen atoms in total. The molecule has 33 heavy (non-hydrogen) atoms. The number of morpholine rings is 1. The first-order chi connectivity index (χ1) is 16.0. The predicted octanol–water partition coefficient (Wildman–Crippen LogP) is 2.20. The smallest absolute Gasteiger partial charge is 0.230 e. The molecule has 182 valence electrons. The van der Waals surface area contributed by atoms with Gasteiger partial charge < -0.3 is 29.2 Å². The minimum Gasteiger partial charge on any atom is -0.493 e. The Morgan fingerprint density at radius 1 is 1.12 bits per heavy atom. The van der Waals surface area contributed by atoms with Gasteiger partial charge in [-0.3, -0.25) is 9.36 Å². The number of amides is 1. The summed E-state index contributed by atoms with van der Waals surface area (Å²) in [4.78, 5) is 14.7. The van der Waals surface area contributed by atoms with Gasteiger partial charge >= 0.3 is 0 Å². The molecule has 0 aliphatic carbocycles. The summed E-state index contributed by atoms with van der Waals surface area (Å²) in [6.45, 7) is 8.37. The van der Waals surface area contributed by atoms with E-state index in [1.54, 1.807) is 21.3 Å². The second-order valence-corrected chi connectivity index (χ2v) is 8.93. The normalized spacial score (nSPS) is 13.8. The van der Waals surface area contributed by atoms with Crippen LogP contribution in [0.2, 0.25) is 0 Å². The number of hydrogen-bond acceptors (Lipinski definition) is 9. The van der Waals surface area contributed by atoms with Crippen molar-refractivity contribution in [1.29, 1.82) is 0 Å². The van der Waals surface area contributed by atoms with Crippen LogP contribution in [0.15, 0.2) is 17.3 Å². The van der Waals surface area contributed by atoms with Gasteiger partial charge in [0.05, 0.1) is 40.3 Å². The summed E-state index contributed by atoms with van der Waals surface area (Å²) in [5.41, 5.74) is 0.848. The first-order valence-electron chi connectivity index (χ1n) is 10.9. The van der Waals surface area contributed by atoms with Crippen molar-refractivity contribution in [3.05, 3.63) is 17.7 Å². The molecule has 0 unspecified atom stereocenters. The van der Waals surface area contributed by atoms with Crippen LogP contribution in [0.3, 0.4) is 0 Å². The molecule has 0 spiro atoms. The van der Waals surface area contributed by atoms with E-state index >= 15 is 0 Å². The highest BCUT2D eigenvalue weighted by atomic mass is 32.2. The van der Waals surface area contributed by atoms with Gasteiger partial charge in [-0.05, 0) is 23.6 Å². The molecule has 2 heterocycles. The van der Waals surface area contributed by atoms with E-state index < -0.39 is 0 Å². The van der Waals surface area contributed by atoms with Gasteiger partial charge in [-0.25, -0.2) is 0 Å². The Balaban J connectivity index is 1.62. The van der Waals surface area contributed by atoms with Crippen LogP contribution in [-0.4, -0.2) is 74.1 Å². The van der Waals surface area contributed by atoms with Crippen LogP contribution in [0.4, 0.5) is 5.95 Å². The molecule has 0 bridgehead atoms. The summed E-state index contributed by atoms with van der Waals surface area (Å²) in [6.07, 6.45) is 0. The van der Waals surface area contributed by atoms with Crippen LogP contribution in [0, 0.1) is 5.92 Å². The molecule has 0 saturated carbocycles. The van der Waals surface area contributed by atoms with E-state index in [2.05, 4.69) is 38.8 Å². The van der Waals surface area contributed by atoms with Gasteiger partial charge in [0.15, 0.2) is 16.7 Å². The van der Waals surface area contributed by atoms with E-state index in [-0.39, 0.29) is 11.7 Å². The number of carbonyl (C=O) groups excluding carboxylic acids is 1. The van der Waals surface area contributed by atoms with Gasteiger partial charge in [0.2, 0.25) is 17.6 Å². The second kappa shape index (κ2) is 12.0. The number of ether oxygens (including phenoxy) is 4. The molecule has 1 N–H and O–H groups in total. The molecule has 1 aromatic carbocycles. The van der Waals surface area contributed by atoms with Crippen LogP contribution < -0.4 is 24.4 Å². The summed E-state index contributed by atoms with van der Waals surface area (Å²) >= 11 is 1.39. The Labute approximate surface area is 198 Å². The lowest BCUT2D eigenvalue weighted by Crippen LogP contribution is -2.38. The van der Waals surface area contributed by atoms with Gasteiger partial charge in [0.1, 0.15) is 0 Å². The first-order valence-corrected chi connectivity index (χ1v) is 11.9. The molecule has 0 radical (unpaired) electrons. The number of benzene rings is 1. The lowest BCUT2D eigenvalue weighted by Gasteiger charge is -2.28. The number of methoxy groups -OCH3 is 3. The van der Waals surface area contributed by atoms with Crippen molar-refractivity contribution in [2.24, 2.45) is 5.92 Å². The zero-order valence-electron chi connectivity index (χ0n) is 19.9. The van der Waals surface area contributed by atoms with Gasteiger partial charge in [0.25, 0.3) is 0 Å². The molecule has 1 aliphatic heterocycles. The predicted molar refractivity (Wildman–Crippen MR) is 127 cm³/mol. The molecule has 11 heteroatoms. The van der Waals surface area contributed by atoms with E-state index in [0.29, 0.717) is 42.9 Å². The molecule has 3 rings (SSSR count). The number of anilines is 1. The lowest BCUT2D eigenvalue weighted by molar-refractivity contribution is -0.118. The number of thioether (sulfide) groups is 1. The Morgan fingerprint density at radius 3 is 2.36 bits per heavy atom. The fourth-order valence-electron chi connectivity index (χ4n) is 3.53. The van der Waals surface area contributed by atoms with E-state index in [4.69, 9.17) is 18.9 Å². The van der Waals surface area contributed by atoms with Crippen LogP contribution in [0.5, 0.6) is 17.2 Å². The van der Waals surface area contributed by atoms with Gasteiger partial charge in [-0.2, -0.15) is 0 Å². The molecule has 1 aromatic heterocycles. The topological polar surface area (TPSA) is 100.0 Å². The molecule has 2 aromatic rings. The second-order valence-electron chi connectivity index (χ2n) is 7.99. The van der Waals surface area contributed by atoms with Gasteiger partial charge in [-0.15, -0.1) is 10.2 Å². The Kier molecular flexibility index (Phi) is 9.07. The number of nitrogens with zero attached hydrogens (tertiary/aromatic N) is 4. The van der Waals surface area contributed by atoms with Crippen molar-refractivity contribution in [3.8, 4) is 17.2 Å². The average Bonchev–Trinajstić information content (AvgIpc) is 3.22. The zero-order valence-corrected chi connectivity index (χ0v) is 20.7. The van der Waals surface area contributed by atoms with Crippen molar-refractivity contribution in [3.63, 3.8) is 0 Å². The number of nitrogens with one attached hydrogen (secondary N) is 1. The minimum absolute atomic E-state index is 0.0965. The van der Waals surface area contributed by atoms with E-state index in [0.717, 1.165) is 36.3 Å². The third-order valence-electron chi connectivity index (χ3n) is 5.09. The third-order valence-corrected chi connectivity index (χ3v) is 6.05. The molecular weight excluding hydrogens is 446 g/mol. The van der Waals surface area contributed by atoms with Crippen LogP contribution in [0.1, 0.15) is 19.4 Å². The maximum Gasteiger partial charge on any atom is 0.230 e. The molecular formula is C22H33N5O5S. The molecule has 1 saturated heterocycles. The van der Waals surface area contributed by atoms with Gasteiger partial charge in [-0.1, -0.05) is 25.6 Å². The third kappa shape index (κ3) is 6.44. The molecule has 1 fully saturated rings. The van der Waals surface area contributed by atoms with E-state index in [1.165, 1.54) is 11.8 Å². The van der Waals surface area contributed by atoms with Crippen LogP contribution >= 0.6 is 11.8 Å². The highest BCUT2D eigenvalue weighted by Crippen LogP contribution is 2.38. The lowest BCUT2D eigenvalue weighted by atomic mass is 10.2. The first kappa shape index (κ1) is 25.0. The molecule has 1 aliphatic rings. The van der Waals surface area contributed by atoms with E-state index in [1.807, 2.05) is 12.1 Å². The van der Waals surface area contributed by atoms with Crippen molar-refractivity contribution in [2.45, 2.75) is 32.1 Å². The molecule has 1 amide bonds. The number of hydrogen-bond donors (Lipinski definition) is 1. The average molecular weight is 480 g/mol. The summed E-state index contributed by atoms with van der Waals surface area (Å²) in [7, 11) is 4.69. The summed E-state index contributed by atoms with van der Waals surface area (Å²) in [6, 6.07) is 3.64. The molecule has 0 atom stereocenters. The maximum atomic E-state index is 12.6. The highest BCUT2D eigenvalue weighted by Gasteiger charge is 2.22. The number of rotatable bonds is 11. The summed E-state index contributed by atoms with van der Waals surface area (Å²) < 4.78 is 23.7. The van der Waals surface area contributed by atoms with Crippen LogP contribution in [0.25, 0.3) is 0 Å². The van der Waals surface area contributed by atoms with Crippen molar-refractivity contribution >= 4 is 23.6 Å². The largest absolute Gasteiger partial charge is 0.493 e. The maximum absolute atomic E-state index is 12.6. The van der Waals surface area contributed by atoms with Crippen molar-refractivity contribution < 1.29 is 23.7 Å². The van der Waals surface area contributed by atoms with Gasteiger partial charge in [0, 0.05) is 26.2 Å². The fraction of sp³-hybridized carbons (Fsp3) is 0.591. The summed E-state index contributed by atoms with van der Waals surface area (Å²) in [5.74, 6) is 3.03. The summed E-state index contributed by atoms with van der Waals surface area (Å²) in [5, 5.41) is 12.5. The zero-order chi connectivity index (χ0) is 23.8. The highest BCUT2D eigenvalue weighted by molar-refractivity contribution is 7.99. The van der Waals surface area contributed by atoms with Crippen LogP contribution in [-0.2, 0) is 22.6 Å². The Bertz CT molecular complexity index is 905. The standard InChI is InChI=1S/C22H33N5O5S/c1-15(2)13-27-21(26-6-8-32-9-7-26)24-25-22(27)33-14-19(28)23-12-16-10-17(29-3)20(31-5)18(11-16)30-4/h10-11,15H,6-9,12-14H2,1-5H3,(H,23,28). The Hall–Kier alpha value is -2.66. The van der Waals surface area contributed by atoms with Crippen molar-refractivity contribution in [1.82, 2.24) is 20.1 Å².